The van der Waals surface area contributed by atoms with Gasteiger partial charge < -0.3 is 18.8 Å². The number of hydrogen-bond acceptors (Lipinski definition) is 5. The Bertz CT molecular complexity index is 893. The Morgan fingerprint density at radius 1 is 1.14 bits per heavy atom. The molecule has 5 aliphatic rings. The second-order valence-electron chi connectivity index (χ2n) is 13.0. The van der Waals surface area contributed by atoms with E-state index in [0.717, 1.165) is 51.4 Å². The SMILES string of the molecule is [3H][B]SO[C@H]1CC[C@@]2(C)C(=CC[C@@H]3[C@@H]2CC[C@]2(C)C([C@H](C)C4(CCC(C)C)OCCO4)=C(O)C[C@@H]32)C1.[Ac]. The Balaban J connectivity index is 0.00000320. The first-order chi connectivity index (χ1) is 17.1. The van der Waals surface area contributed by atoms with Gasteiger partial charge in [0, 0.05) is 62.8 Å². The summed E-state index contributed by atoms with van der Waals surface area (Å²) < 4.78 is 25.9. The van der Waals surface area contributed by atoms with Gasteiger partial charge in [-0.3, -0.25) is 0 Å². The standard InChI is InChI=1S/C29H46BO4S.Ac/c1-18(2)8-13-29(32-14-15-33-29)19(3)26-25(31)17-24-22-7-6-20-16-21(34-35-30)9-11-27(20,4)23(22)10-12-28(24,26)5;/h6,18-19,21-24,30-31H,7-17H2,1-5H3;/t19-,21-,22+,23-,24-,27-,28-;/m0./s1/i30T;. The molecule has 1 N–H and O–H groups in total. The van der Waals surface area contributed by atoms with Gasteiger partial charge in [-0.25, -0.2) is 0 Å². The minimum atomic E-state index is -0.596. The maximum atomic E-state index is 11.5. The molecule has 7 heteroatoms. The van der Waals surface area contributed by atoms with Crippen LogP contribution in [0.5, 0.6) is 0 Å². The molecule has 7 atom stereocenters. The van der Waals surface area contributed by atoms with Crippen molar-refractivity contribution in [2.24, 2.45) is 40.4 Å². The van der Waals surface area contributed by atoms with E-state index in [-0.39, 0.29) is 66.9 Å². The van der Waals surface area contributed by atoms with Crippen molar-refractivity contribution in [1.82, 2.24) is 0 Å². The third-order valence-electron chi connectivity index (χ3n) is 10.9. The minimum absolute atomic E-state index is 0. The minimum Gasteiger partial charge on any atom is -0.512 e. The van der Waals surface area contributed by atoms with E-state index in [9.17, 15) is 5.11 Å². The molecule has 0 aromatic carbocycles. The number of ether oxygens (including phenoxy) is 2. The average Bonchev–Trinajstić information content (AvgIpc) is 3.43. The van der Waals surface area contributed by atoms with Crippen molar-refractivity contribution in [1.29, 1.82) is 1.34 Å². The van der Waals surface area contributed by atoms with Gasteiger partial charge in [-0.1, -0.05) is 58.2 Å². The molecule has 0 bridgehead atoms. The smallest absolute Gasteiger partial charge is 0.209 e. The van der Waals surface area contributed by atoms with Crippen LogP contribution < -0.4 is 0 Å². The van der Waals surface area contributed by atoms with Crippen LogP contribution in [0.15, 0.2) is 23.0 Å². The molecule has 1 saturated heterocycles. The number of aliphatic hydroxyl groups excluding tert-OH is 1. The monoisotopic (exact) mass is 730 g/mol. The van der Waals surface area contributed by atoms with Crippen molar-refractivity contribution in [2.75, 3.05) is 13.2 Å². The molecule has 36 heavy (non-hydrogen) atoms. The van der Waals surface area contributed by atoms with Crippen molar-refractivity contribution in [2.45, 2.75) is 104 Å². The van der Waals surface area contributed by atoms with Crippen LogP contribution in [-0.4, -0.2) is 38.6 Å². The van der Waals surface area contributed by atoms with Crippen LogP contribution in [0, 0.1) is 84.5 Å². The van der Waals surface area contributed by atoms with Crippen molar-refractivity contribution < 1.29 is 62.8 Å². The number of aliphatic hydroxyl groups is 1. The van der Waals surface area contributed by atoms with Gasteiger partial charge in [0.1, 0.15) is 0 Å². The number of allylic oxidation sites excluding steroid dienone is 2. The predicted molar refractivity (Wildman–Crippen MR) is 144 cm³/mol. The fourth-order valence-electron chi connectivity index (χ4n) is 9.00. The summed E-state index contributed by atoms with van der Waals surface area (Å²) in [5.74, 6) is 2.45. The summed E-state index contributed by atoms with van der Waals surface area (Å²) in [7, 11) is 1.29. The van der Waals surface area contributed by atoms with Gasteiger partial charge in [-0.05, 0) is 86.4 Å². The first-order valence-corrected chi connectivity index (χ1v) is 14.9. The Morgan fingerprint density at radius 2 is 1.86 bits per heavy atom. The molecule has 1 aliphatic heterocycles. The molecule has 5 rings (SSSR count). The Hall–Kier alpha value is 1.02. The van der Waals surface area contributed by atoms with Gasteiger partial charge >= 0.3 is 0 Å². The fourth-order valence-corrected chi connectivity index (χ4v) is 9.32. The molecule has 4 aliphatic carbocycles. The Morgan fingerprint density at radius 3 is 2.56 bits per heavy atom. The van der Waals surface area contributed by atoms with Crippen LogP contribution in [0.1, 0.15) is 92.4 Å². The molecule has 0 aromatic rings. The van der Waals surface area contributed by atoms with Crippen LogP contribution in [0.25, 0.3) is 0 Å². The van der Waals surface area contributed by atoms with Crippen LogP contribution in [0.3, 0.4) is 0 Å². The van der Waals surface area contributed by atoms with E-state index in [4.69, 9.17) is 15.0 Å². The molecule has 4 nitrogen and oxygen atoms in total. The van der Waals surface area contributed by atoms with Gasteiger partial charge in [0.25, 0.3) is 0 Å². The Kier molecular flexibility index (Phi) is 9.10. The predicted octanol–water partition coefficient (Wildman–Crippen LogP) is 7.04. The molecule has 0 spiro atoms. The molecule has 0 amide bonds. The third kappa shape index (κ3) is 5.00. The van der Waals surface area contributed by atoms with Crippen molar-refractivity contribution in [3.63, 3.8) is 0 Å². The van der Waals surface area contributed by atoms with Crippen LogP contribution in [0.2, 0.25) is 0 Å². The molecule has 1 heterocycles. The van der Waals surface area contributed by atoms with E-state index in [1.807, 2.05) is 0 Å². The number of fused-ring (bicyclic) bond motifs is 5. The zero-order chi connectivity index (χ0) is 25.7. The van der Waals surface area contributed by atoms with E-state index in [0.29, 0.717) is 42.6 Å². The summed E-state index contributed by atoms with van der Waals surface area (Å²) >= 11 is 1.17. The number of hydrogen-bond donors (Lipinski definition) is 1. The summed E-state index contributed by atoms with van der Waals surface area (Å²) in [4.78, 5) is 0. The quantitative estimate of drug-likeness (QED) is 0.165. The van der Waals surface area contributed by atoms with Gasteiger partial charge in [-0.2, -0.15) is 0 Å². The van der Waals surface area contributed by atoms with Gasteiger partial charge in [0.15, 0.2) is 5.79 Å². The van der Waals surface area contributed by atoms with Crippen molar-refractivity contribution >= 4 is 19.0 Å². The fraction of sp³-hybridized carbons (Fsp3) is 0.862. The summed E-state index contributed by atoms with van der Waals surface area (Å²) in [6.45, 7) is 13.0. The van der Waals surface area contributed by atoms with E-state index in [1.165, 1.54) is 31.0 Å². The topological polar surface area (TPSA) is 47.9 Å². The van der Waals surface area contributed by atoms with Crippen LogP contribution in [-0.2, 0) is 13.7 Å². The molecule has 2 radical (unpaired) electrons. The first kappa shape index (κ1) is 28.5. The molecule has 0 unspecified atom stereocenters. The summed E-state index contributed by atoms with van der Waals surface area (Å²) in [5, 5.41) is 11.5. The van der Waals surface area contributed by atoms with E-state index < -0.39 is 5.79 Å². The largest absolute Gasteiger partial charge is 0.512 e. The zero-order valence-corrected chi connectivity index (χ0v) is 28.6. The molecule has 0 aromatic heterocycles. The van der Waals surface area contributed by atoms with Gasteiger partial charge in [0.2, 0.25) is 7.09 Å². The molecular formula is C29H46AcBO4S. The van der Waals surface area contributed by atoms with Gasteiger partial charge in [0.05, 0.1) is 25.1 Å². The Labute approximate surface area is 261 Å². The van der Waals surface area contributed by atoms with Gasteiger partial charge in [-0.15, -0.1) is 0 Å². The van der Waals surface area contributed by atoms with Crippen LogP contribution >= 0.6 is 11.9 Å². The zero-order valence-electron chi connectivity index (χ0n) is 24.1. The maximum absolute atomic E-state index is 11.5. The number of rotatable bonds is 8. The second-order valence-corrected chi connectivity index (χ2v) is 13.4. The first-order valence-electron chi connectivity index (χ1n) is 14.6. The summed E-state index contributed by atoms with van der Waals surface area (Å²) in [5.41, 5.74) is 3.06. The molecule has 3 fully saturated rings. The maximum Gasteiger partial charge on any atom is 0.209 e. The van der Waals surface area contributed by atoms with Crippen LogP contribution in [0.4, 0.5) is 0 Å². The average molecular weight is 731 g/mol. The van der Waals surface area contributed by atoms with Crippen molar-refractivity contribution in [3.05, 3.63) is 23.0 Å². The molecule has 2 saturated carbocycles. The molecule has 198 valence electrons. The normalized spacial score (nSPS) is 40.5. The summed E-state index contributed by atoms with van der Waals surface area (Å²) in [6.07, 6.45) is 12.2. The van der Waals surface area contributed by atoms with E-state index >= 15 is 0 Å². The third-order valence-corrected chi connectivity index (χ3v) is 11.3. The molecular weight excluding hydrogens is 682 g/mol. The second kappa shape index (κ2) is 11.5. The summed E-state index contributed by atoms with van der Waals surface area (Å²) in [6, 6.07) is 0. The van der Waals surface area contributed by atoms with E-state index in [2.05, 4.69) is 40.7 Å². The van der Waals surface area contributed by atoms with Crippen molar-refractivity contribution in [3.8, 4) is 0 Å². The van der Waals surface area contributed by atoms with E-state index in [1.54, 1.807) is 5.57 Å².